The zero-order valence-corrected chi connectivity index (χ0v) is 17.1. The van der Waals surface area contributed by atoms with Gasteiger partial charge in [0.05, 0.1) is 0 Å². The third-order valence-corrected chi connectivity index (χ3v) is 4.41. The van der Waals surface area contributed by atoms with Gasteiger partial charge in [-0.1, -0.05) is 101 Å². The van der Waals surface area contributed by atoms with Crippen molar-refractivity contribution in [1.82, 2.24) is 0 Å². The first kappa shape index (κ1) is 24.4. The third kappa shape index (κ3) is 18.8. The molecule has 0 aliphatic rings. The van der Waals surface area contributed by atoms with E-state index >= 15 is 0 Å². The van der Waals surface area contributed by atoms with E-state index in [2.05, 4.69) is 37.3 Å². The predicted octanol–water partition coefficient (Wildman–Crippen LogP) is 7.58. The van der Waals surface area contributed by atoms with E-state index in [1.807, 2.05) is 19.1 Å². The summed E-state index contributed by atoms with van der Waals surface area (Å²) in [7, 11) is 0. The van der Waals surface area contributed by atoms with Gasteiger partial charge in [0.15, 0.2) is 0 Å². The largest absolute Gasteiger partial charge is 0.481 e. The van der Waals surface area contributed by atoms with Crippen molar-refractivity contribution in [2.75, 3.05) is 0 Å². The molecule has 0 bridgehead atoms. The number of aliphatic carboxylic acids is 1. The Morgan fingerprint density at radius 2 is 1.46 bits per heavy atom. The number of carboxylic acids is 1. The van der Waals surface area contributed by atoms with Crippen LogP contribution in [0.5, 0.6) is 0 Å². The van der Waals surface area contributed by atoms with E-state index < -0.39 is 5.97 Å². The first-order chi connectivity index (χ1) is 12.7. The van der Waals surface area contributed by atoms with Crippen molar-refractivity contribution in [3.8, 4) is 0 Å². The predicted molar refractivity (Wildman–Crippen MR) is 114 cm³/mol. The molecule has 0 aromatic heterocycles. The standard InChI is InChI=1S/C17H28.C7H12O2/c1-2-3-4-5-6-7-8-9-11-14-17-15-12-10-13-16-17;1-2-3-4-5-6-7(8)9/h10,12-13,15-16H,2-9,11,14H2,1H3;2-3H,4-6H2,1H3,(H,8,9)/b;3-2-. The zero-order valence-electron chi connectivity index (χ0n) is 17.1. The van der Waals surface area contributed by atoms with Crippen LogP contribution < -0.4 is 0 Å². The van der Waals surface area contributed by atoms with Crippen molar-refractivity contribution in [3.63, 3.8) is 0 Å². The van der Waals surface area contributed by atoms with Gasteiger partial charge in [0.25, 0.3) is 0 Å². The first-order valence-electron chi connectivity index (χ1n) is 10.6. The van der Waals surface area contributed by atoms with Crippen LogP contribution >= 0.6 is 0 Å². The molecular weight excluding hydrogens is 320 g/mol. The molecule has 1 aromatic rings. The topological polar surface area (TPSA) is 37.3 Å². The fourth-order valence-corrected chi connectivity index (χ4v) is 2.82. The number of carbonyl (C=O) groups is 1. The van der Waals surface area contributed by atoms with Gasteiger partial charge in [0.2, 0.25) is 0 Å². The van der Waals surface area contributed by atoms with E-state index in [4.69, 9.17) is 5.11 Å². The number of aryl methyl sites for hydroxylation is 1. The summed E-state index contributed by atoms with van der Waals surface area (Å²) in [4.78, 5) is 9.94. The molecule has 2 heteroatoms. The number of allylic oxidation sites excluding steroid dienone is 2. The molecule has 0 saturated carbocycles. The molecule has 1 rings (SSSR count). The Morgan fingerprint density at radius 3 is 2.00 bits per heavy atom. The second-order valence-corrected chi connectivity index (χ2v) is 6.92. The number of hydrogen-bond donors (Lipinski definition) is 1. The third-order valence-electron chi connectivity index (χ3n) is 4.41. The van der Waals surface area contributed by atoms with Crippen LogP contribution in [0.25, 0.3) is 0 Å². The summed E-state index contributed by atoms with van der Waals surface area (Å²) in [5.41, 5.74) is 1.50. The van der Waals surface area contributed by atoms with Gasteiger partial charge in [-0.2, -0.15) is 0 Å². The van der Waals surface area contributed by atoms with Gasteiger partial charge < -0.3 is 5.11 Å². The fourth-order valence-electron chi connectivity index (χ4n) is 2.82. The molecule has 148 valence electrons. The van der Waals surface area contributed by atoms with Crippen molar-refractivity contribution >= 4 is 5.97 Å². The lowest BCUT2D eigenvalue weighted by molar-refractivity contribution is -0.137. The van der Waals surface area contributed by atoms with E-state index in [1.165, 1.54) is 69.8 Å². The normalized spacial score (nSPS) is 10.5. The van der Waals surface area contributed by atoms with Crippen molar-refractivity contribution in [2.45, 2.75) is 97.3 Å². The van der Waals surface area contributed by atoms with Crippen molar-refractivity contribution < 1.29 is 9.90 Å². The molecule has 0 fully saturated rings. The van der Waals surface area contributed by atoms with Gasteiger partial charge in [-0.15, -0.1) is 0 Å². The van der Waals surface area contributed by atoms with Gasteiger partial charge >= 0.3 is 5.97 Å². The number of hydrogen-bond acceptors (Lipinski definition) is 1. The Bertz CT molecular complexity index is 437. The molecular formula is C24H40O2. The molecule has 0 saturated heterocycles. The lowest BCUT2D eigenvalue weighted by atomic mass is 10.0. The number of unbranched alkanes of at least 4 members (excludes halogenated alkanes) is 9. The zero-order chi connectivity index (χ0) is 19.3. The van der Waals surface area contributed by atoms with Crippen LogP contribution in [-0.4, -0.2) is 11.1 Å². The van der Waals surface area contributed by atoms with E-state index in [9.17, 15) is 4.79 Å². The highest BCUT2D eigenvalue weighted by molar-refractivity contribution is 5.66. The van der Waals surface area contributed by atoms with Crippen LogP contribution in [-0.2, 0) is 11.2 Å². The van der Waals surface area contributed by atoms with Gasteiger partial charge in [0, 0.05) is 6.42 Å². The molecule has 0 radical (unpaired) electrons. The Hall–Kier alpha value is -1.57. The maximum Gasteiger partial charge on any atom is 0.303 e. The lowest BCUT2D eigenvalue weighted by Gasteiger charge is -2.02. The van der Waals surface area contributed by atoms with E-state index in [0.29, 0.717) is 0 Å². The van der Waals surface area contributed by atoms with Crippen molar-refractivity contribution in [2.24, 2.45) is 0 Å². The van der Waals surface area contributed by atoms with Crippen LogP contribution in [0, 0.1) is 0 Å². The van der Waals surface area contributed by atoms with E-state index in [0.717, 1.165) is 12.8 Å². The number of carboxylic acid groups (broad SMARTS) is 1. The summed E-state index contributed by atoms with van der Waals surface area (Å²) in [6.07, 6.45) is 19.8. The maximum absolute atomic E-state index is 9.94. The van der Waals surface area contributed by atoms with Crippen molar-refractivity contribution in [3.05, 3.63) is 48.0 Å². The lowest BCUT2D eigenvalue weighted by Crippen LogP contribution is -1.92. The molecule has 0 spiro atoms. The molecule has 1 N–H and O–H groups in total. The average molecular weight is 361 g/mol. The van der Waals surface area contributed by atoms with Gasteiger partial charge in [-0.05, 0) is 38.2 Å². The summed E-state index contributed by atoms with van der Waals surface area (Å²) < 4.78 is 0. The van der Waals surface area contributed by atoms with Crippen LogP contribution in [0.1, 0.15) is 96.5 Å². The quantitative estimate of drug-likeness (QED) is 0.274. The molecule has 0 amide bonds. The van der Waals surface area contributed by atoms with Gasteiger partial charge in [-0.3, -0.25) is 4.79 Å². The minimum absolute atomic E-state index is 0.282. The van der Waals surface area contributed by atoms with Crippen molar-refractivity contribution in [1.29, 1.82) is 0 Å². The highest BCUT2D eigenvalue weighted by Gasteiger charge is 1.94. The highest BCUT2D eigenvalue weighted by Crippen LogP contribution is 2.11. The molecule has 0 atom stereocenters. The second-order valence-electron chi connectivity index (χ2n) is 6.92. The Kier molecular flexibility index (Phi) is 18.6. The summed E-state index contributed by atoms with van der Waals surface area (Å²) in [5, 5.41) is 8.19. The molecule has 2 nitrogen and oxygen atoms in total. The molecule has 0 unspecified atom stereocenters. The molecule has 0 aliphatic carbocycles. The van der Waals surface area contributed by atoms with E-state index in [-0.39, 0.29) is 6.42 Å². The summed E-state index contributed by atoms with van der Waals surface area (Å²) in [6, 6.07) is 10.9. The smallest absolute Gasteiger partial charge is 0.303 e. The first-order valence-corrected chi connectivity index (χ1v) is 10.6. The fraction of sp³-hybridized carbons (Fsp3) is 0.625. The average Bonchev–Trinajstić information content (AvgIpc) is 2.65. The number of benzene rings is 1. The molecule has 0 heterocycles. The Labute approximate surface area is 161 Å². The van der Waals surface area contributed by atoms with Crippen LogP contribution in [0.4, 0.5) is 0 Å². The summed E-state index contributed by atoms with van der Waals surface area (Å²) in [5.74, 6) is -0.709. The summed E-state index contributed by atoms with van der Waals surface area (Å²) in [6.45, 7) is 4.21. The minimum atomic E-state index is -0.709. The Morgan fingerprint density at radius 1 is 0.885 bits per heavy atom. The van der Waals surface area contributed by atoms with E-state index in [1.54, 1.807) is 0 Å². The molecule has 26 heavy (non-hydrogen) atoms. The monoisotopic (exact) mass is 360 g/mol. The second kappa shape index (κ2) is 19.8. The maximum atomic E-state index is 9.94. The summed E-state index contributed by atoms with van der Waals surface area (Å²) >= 11 is 0. The Balaban J connectivity index is 0.000000590. The van der Waals surface area contributed by atoms with Crippen LogP contribution in [0.3, 0.4) is 0 Å². The molecule has 0 aliphatic heterocycles. The minimum Gasteiger partial charge on any atom is -0.481 e. The van der Waals surface area contributed by atoms with Gasteiger partial charge in [0.1, 0.15) is 0 Å². The van der Waals surface area contributed by atoms with Gasteiger partial charge in [-0.25, -0.2) is 0 Å². The molecule has 1 aromatic carbocycles. The van der Waals surface area contributed by atoms with Crippen LogP contribution in [0.2, 0.25) is 0 Å². The highest BCUT2D eigenvalue weighted by atomic mass is 16.4. The SMILES string of the molecule is C/C=C\CCCC(=O)O.CCCCCCCCCCCc1ccccc1. The number of rotatable bonds is 14. The van der Waals surface area contributed by atoms with Crippen LogP contribution in [0.15, 0.2) is 42.5 Å².